The molecular weight excluding hydrogens is 481 g/mol. The molecule has 0 radical (unpaired) electrons. The minimum atomic E-state index is 0. The van der Waals surface area contributed by atoms with Crippen LogP contribution in [0.3, 0.4) is 0 Å². The molecule has 0 spiro atoms. The number of aromatic nitrogens is 2. The van der Waals surface area contributed by atoms with Gasteiger partial charge in [-0.05, 0) is 50.5 Å². The van der Waals surface area contributed by atoms with E-state index in [0.29, 0.717) is 13.2 Å². The number of methoxy groups -OCH3 is 1. The first-order valence-corrected chi connectivity index (χ1v) is 9.82. The summed E-state index contributed by atoms with van der Waals surface area (Å²) in [4.78, 5) is 4.29. The summed E-state index contributed by atoms with van der Waals surface area (Å²) in [6, 6.07) is 8.08. The maximum absolute atomic E-state index is 5.70. The van der Waals surface area contributed by atoms with Crippen molar-refractivity contribution in [2.24, 2.45) is 4.99 Å². The summed E-state index contributed by atoms with van der Waals surface area (Å²) in [5.41, 5.74) is 3.36. The van der Waals surface area contributed by atoms with Crippen molar-refractivity contribution in [2.45, 2.75) is 46.7 Å². The third-order valence-electron chi connectivity index (χ3n) is 4.32. The predicted molar refractivity (Wildman–Crippen MR) is 129 cm³/mol. The lowest BCUT2D eigenvalue weighted by atomic mass is 10.2. The highest BCUT2D eigenvalue weighted by Crippen LogP contribution is 2.28. The number of hydrogen-bond donors (Lipinski definition) is 2. The number of nitrogens with one attached hydrogen (secondary N) is 2. The first-order valence-electron chi connectivity index (χ1n) is 9.82. The highest BCUT2D eigenvalue weighted by Gasteiger charge is 2.06. The van der Waals surface area contributed by atoms with Crippen molar-refractivity contribution in [3.63, 3.8) is 0 Å². The molecule has 2 rings (SSSR count). The second-order valence-electron chi connectivity index (χ2n) is 6.69. The Hall–Kier alpha value is -1.97. The van der Waals surface area contributed by atoms with Crippen molar-refractivity contribution in [1.29, 1.82) is 0 Å². The lowest BCUT2D eigenvalue weighted by Crippen LogP contribution is -2.37. The van der Waals surface area contributed by atoms with Gasteiger partial charge in [0.15, 0.2) is 17.5 Å². The van der Waals surface area contributed by atoms with Crippen LogP contribution in [-0.2, 0) is 13.1 Å². The number of nitrogens with zero attached hydrogens (tertiary/aromatic N) is 3. The molecule has 0 aliphatic carbocycles. The van der Waals surface area contributed by atoms with Gasteiger partial charge in [0, 0.05) is 32.4 Å². The van der Waals surface area contributed by atoms with Crippen LogP contribution in [-0.4, -0.2) is 43.0 Å². The van der Waals surface area contributed by atoms with Crippen LogP contribution in [0.1, 0.15) is 36.7 Å². The van der Waals surface area contributed by atoms with Crippen LogP contribution < -0.4 is 20.1 Å². The maximum atomic E-state index is 5.70. The van der Waals surface area contributed by atoms with E-state index in [1.165, 1.54) is 5.69 Å². The number of aryl methyl sites for hydroxylation is 3. The van der Waals surface area contributed by atoms with Crippen LogP contribution in [0.4, 0.5) is 0 Å². The molecule has 29 heavy (non-hydrogen) atoms. The molecule has 0 fully saturated rings. The van der Waals surface area contributed by atoms with Gasteiger partial charge >= 0.3 is 0 Å². The fourth-order valence-corrected chi connectivity index (χ4v) is 2.90. The van der Waals surface area contributed by atoms with Crippen molar-refractivity contribution in [3.8, 4) is 11.5 Å². The van der Waals surface area contributed by atoms with E-state index in [2.05, 4.69) is 40.6 Å². The Morgan fingerprint density at radius 3 is 2.59 bits per heavy atom. The maximum Gasteiger partial charge on any atom is 0.191 e. The molecule has 1 aromatic carbocycles. The molecule has 162 valence electrons. The van der Waals surface area contributed by atoms with Crippen molar-refractivity contribution in [2.75, 3.05) is 27.3 Å². The van der Waals surface area contributed by atoms with Crippen molar-refractivity contribution >= 4 is 29.9 Å². The van der Waals surface area contributed by atoms with Gasteiger partial charge in [0.1, 0.15) is 0 Å². The second-order valence-corrected chi connectivity index (χ2v) is 6.69. The first-order chi connectivity index (χ1) is 13.6. The van der Waals surface area contributed by atoms with Crippen molar-refractivity contribution in [3.05, 3.63) is 41.2 Å². The Kier molecular flexibility index (Phi) is 11.5. The van der Waals surface area contributed by atoms with Gasteiger partial charge in [-0.2, -0.15) is 5.10 Å². The predicted octanol–water partition coefficient (Wildman–Crippen LogP) is 3.67. The van der Waals surface area contributed by atoms with E-state index in [-0.39, 0.29) is 24.0 Å². The zero-order valence-electron chi connectivity index (χ0n) is 18.1. The van der Waals surface area contributed by atoms with Crippen LogP contribution in [0, 0.1) is 13.8 Å². The molecule has 7 nitrogen and oxygen atoms in total. The van der Waals surface area contributed by atoms with Gasteiger partial charge in [0.05, 0.1) is 19.4 Å². The minimum Gasteiger partial charge on any atom is -0.493 e. The molecule has 0 aliphatic rings. The van der Waals surface area contributed by atoms with Gasteiger partial charge in [0.2, 0.25) is 0 Å². The Balaban J connectivity index is 0.00000420. The number of aliphatic imine (C=N–C) groups is 1. The largest absolute Gasteiger partial charge is 0.493 e. The summed E-state index contributed by atoms with van der Waals surface area (Å²) < 4.78 is 13.2. The molecule has 0 amide bonds. The summed E-state index contributed by atoms with van der Waals surface area (Å²) >= 11 is 0. The normalized spacial score (nSPS) is 11.0. The van der Waals surface area contributed by atoms with Crippen LogP contribution in [0.2, 0.25) is 0 Å². The smallest absolute Gasteiger partial charge is 0.191 e. The zero-order valence-corrected chi connectivity index (χ0v) is 20.4. The molecule has 2 N–H and O–H groups in total. The van der Waals surface area contributed by atoms with E-state index in [0.717, 1.165) is 54.6 Å². The number of rotatable bonds is 10. The third kappa shape index (κ3) is 8.12. The standard InChI is InChI=1S/C21H33N5O2.HI/c1-6-12-28-19-9-8-18(14-20(19)27-5)15-24-21(22-4)23-10-7-11-26-17(3)13-16(2)25-26;/h8-9,13-14H,6-7,10-12,15H2,1-5H3,(H2,22,23,24);1H. The number of halogens is 1. The summed E-state index contributed by atoms with van der Waals surface area (Å²) in [7, 11) is 3.44. The molecule has 0 saturated carbocycles. The zero-order chi connectivity index (χ0) is 20.4. The van der Waals surface area contributed by atoms with E-state index in [1.807, 2.05) is 29.8 Å². The Morgan fingerprint density at radius 1 is 1.17 bits per heavy atom. The molecule has 1 heterocycles. The van der Waals surface area contributed by atoms with E-state index in [4.69, 9.17) is 9.47 Å². The molecule has 0 aliphatic heterocycles. The third-order valence-corrected chi connectivity index (χ3v) is 4.32. The highest BCUT2D eigenvalue weighted by atomic mass is 127. The van der Waals surface area contributed by atoms with Gasteiger partial charge in [0.25, 0.3) is 0 Å². The van der Waals surface area contributed by atoms with Gasteiger partial charge in [-0.1, -0.05) is 13.0 Å². The topological polar surface area (TPSA) is 72.7 Å². The lowest BCUT2D eigenvalue weighted by Gasteiger charge is -2.14. The Labute approximate surface area is 191 Å². The number of hydrogen-bond acceptors (Lipinski definition) is 4. The SMILES string of the molecule is CCCOc1ccc(CNC(=NC)NCCCn2nc(C)cc2C)cc1OC.I. The van der Waals surface area contributed by atoms with E-state index >= 15 is 0 Å². The van der Waals surface area contributed by atoms with Crippen LogP contribution >= 0.6 is 24.0 Å². The average Bonchev–Trinajstić information content (AvgIpc) is 3.03. The van der Waals surface area contributed by atoms with Gasteiger partial charge in [-0.25, -0.2) is 0 Å². The Bertz CT molecular complexity index is 776. The number of benzene rings is 1. The second kappa shape index (κ2) is 13.3. The molecule has 1 aromatic heterocycles. The molecule has 0 atom stereocenters. The van der Waals surface area contributed by atoms with Gasteiger partial charge in [-0.3, -0.25) is 9.67 Å². The molecular formula is C21H34IN5O2. The average molecular weight is 515 g/mol. The summed E-state index contributed by atoms with van der Waals surface area (Å²) in [5, 5.41) is 11.2. The van der Waals surface area contributed by atoms with E-state index < -0.39 is 0 Å². The minimum absolute atomic E-state index is 0. The monoisotopic (exact) mass is 515 g/mol. The molecule has 0 bridgehead atoms. The first kappa shape index (κ1) is 25.1. The van der Waals surface area contributed by atoms with Crippen molar-refractivity contribution in [1.82, 2.24) is 20.4 Å². The highest BCUT2D eigenvalue weighted by molar-refractivity contribution is 14.0. The fourth-order valence-electron chi connectivity index (χ4n) is 2.90. The molecule has 0 saturated heterocycles. The molecule has 2 aromatic rings. The number of ether oxygens (including phenoxy) is 2. The fraction of sp³-hybridized carbons (Fsp3) is 0.524. The quantitative estimate of drug-likeness (QED) is 0.219. The lowest BCUT2D eigenvalue weighted by molar-refractivity contribution is 0.294. The van der Waals surface area contributed by atoms with E-state index in [1.54, 1.807) is 14.2 Å². The van der Waals surface area contributed by atoms with Gasteiger partial charge < -0.3 is 20.1 Å². The van der Waals surface area contributed by atoms with Crippen LogP contribution in [0.25, 0.3) is 0 Å². The van der Waals surface area contributed by atoms with Crippen LogP contribution in [0.15, 0.2) is 29.3 Å². The van der Waals surface area contributed by atoms with Gasteiger partial charge in [-0.15, -0.1) is 24.0 Å². The molecule has 0 unspecified atom stereocenters. The Morgan fingerprint density at radius 2 is 1.97 bits per heavy atom. The summed E-state index contributed by atoms with van der Waals surface area (Å²) in [6.45, 7) is 9.24. The summed E-state index contributed by atoms with van der Waals surface area (Å²) in [5.74, 6) is 2.30. The molecule has 8 heteroatoms. The van der Waals surface area contributed by atoms with Crippen LogP contribution in [0.5, 0.6) is 11.5 Å². The number of guanidine groups is 1. The summed E-state index contributed by atoms with van der Waals surface area (Å²) in [6.07, 6.45) is 1.94. The van der Waals surface area contributed by atoms with Crippen molar-refractivity contribution < 1.29 is 9.47 Å². The van der Waals surface area contributed by atoms with E-state index in [9.17, 15) is 0 Å².